The van der Waals surface area contributed by atoms with Gasteiger partial charge in [-0.3, -0.25) is 9.10 Å². The second kappa shape index (κ2) is 9.44. The van der Waals surface area contributed by atoms with E-state index < -0.39 is 10.0 Å². The summed E-state index contributed by atoms with van der Waals surface area (Å²) in [6.07, 6.45) is 1.89. The van der Waals surface area contributed by atoms with Crippen LogP contribution in [0.3, 0.4) is 0 Å². The van der Waals surface area contributed by atoms with Crippen molar-refractivity contribution in [3.8, 4) is 5.75 Å². The van der Waals surface area contributed by atoms with Crippen LogP contribution in [-0.4, -0.2) is 38.6 Å². The van der Waals surface area contributed by atoms with Gasteiger partial charge in [-0.1, -0.05) is 54.6 Å². The zero-order chi connectivity index (χ0) is 22.6. The molecule has 1 heterocycles. The summed E-state index contributed by atoms with van der Waals surface area (Å²) in [5.41, 5.74) is 3.83. The van der Waals surface area contributed by atoms with E-state index in [0.717, 1.165) is 28.1 Å². The second-order valence-electron chi connectivity index (χ2n) is 7.87. The highest BCUT2D eigenvalue weighted by atomic mass is 32.2. The number of ether oxygens (including phenoxy) is 1. The summed E-state index contributed by atoms with van der Waals surface area (Å²) < 4.78 is 31.9. The lowest BCUT2D eigenvalue weighted by molar-refractivity contribution is -0.130. The van der Waals surface area contributed by atoms with Crippen LogP contribution in [0, 0.1) is 0 Å². The van der Waals surface area contributed by atoms with E-state index in [1.807, 2.05) is 48.5 Å². The SMILES string of the molecule is CS(=O)(=O)N(CC(=O)N1CCc2ccccc2C1)c1ccc(OCc2ccccc2)cc1. The lowest BCUT2D eigenvalue weighted by atomic mass is 10.00. The molecule has 3 aromatic carbocycles. The Morgan fingerprint density at radius 1 is 0.938 bits per heavy atom. The summed E-state index contributed by atoms with van der Waals surface area (Å²) in [5.74, 6) is 0.416. The van der Waals surface area contributed by atoms with Crippen molar-refractivity contribution in [2.45, 2.75) is 19.6 Å². The number of sulfonamides is 1. The Morgan fingerprint density at radius 2 is 1.59 bits per heavy atom. The van der Waals surface area contributed by atoms with Gasteiger partial charge in [-0.05, 0) is 47.4 Å². The molecule has 0 N–H and O–H groups in total. The average Bonchev–Trinajstić information content (AvgIpc) is 2.81. The number of hydrogen-bond donors (Lipinski definition) is 0. The highest BCUT2D eigenvalue weighted by Gasteiger charge is 2.26. The number of fused-ring (bicyclic) bond motifs is 1. The Balaban J connectivity index is 1.44. The van der Waals surface area contributed by atoms with Gasteiger partial charge < -0.3 is 9.64 Å². The molecule has 4 rings (SSSR count). The molecule has 0 bridgehead atoms. The van der Waals surface area contributed by atoms with Crippen LogP contribution in [0.5, 0.6) is 5.75 Å². The van der Waals surface area contributed by atoms with Gasteiger partial charge in [0.1, 0.15) is 18.9 Å². The van der Waals surface area contributed by atoms with Gasteiger partial charge in [-0.25, -0.2) is 8.42 Å². The summed E-state index contributed by atoms with van der Waals surface area (Å²) in [4.78, 5) is 14.7. The van der Waals surface area contributed by atoms with Crippen molar-refractivity contribution in [3.05, 3.63) is 95.6 Å². The molecular weight excluding hydrogens is 424 g/mol. The molecule has 0 unspecified atom stereocenters. The molecule has 1 amide bonds. The van der Waals surface area contributed by atoms with Gasteiger partial charge >= 0.3 is 0 Å². The molecule has 7 heteroatoms. The molecule has 3 aromatic rings. The lowest BCUT2D eigenvalue weighted by Crippen LogP contribution is -2.44. The van der Waals surface area contributed by atoms with Gasteiger partial charge in [-0.2, -0.15) is 0 Å². The number of anilines is 1. The highest BCUT2D eigenvalue weighted by Crippen LogP contribution is 2.24. The van der Waals surface area contributed by atoms with Crippen LogP contribution in [0.1, 0.15) is 16.7 Å². The van der Waals surface area contributed by atoms with Gasteiger partial charge in [-0.15, -0.1) is 0 Å². The fraction of sp³-hybridized carbons (Fsp3) is 0.240. The minimum absolute atomic E-state index is 0.214. The van der Waals surface area contributed by atoms with Gasteiger partial charge in [0.25, 0.3) is 0 Å². The van der Waals surface area contributed by atoms with Crippen LogP contribution in [0.4, 0.5) is 5.69 Å². The van der Waals surface area contributed by atoms with E-state index in [1.54, 1.807) is 29.2 Å². The molecule has 1 aliphatic heterocycles. The van der Waals surface area contributed by atoms with Gasteiger partial charge in [0, 0.05) is 13.1 Å². The number of carbonyl (C=O) groups excluding carboxylic acids is 1. The molecule has 0 aromatic heterocycles. The molecule has 0 aliphatic carbocycles. The van der Waals surface area contributed by atoms with E-state index in [0.29, 0.717) is 31.1 Å². The largest absolute Gasteiger partial charge is 0.489 e. The van der Waals surface area contributed by atoms with Crippen molar-refractivity contribution < 1.29 is 17.9 Å². The predicted molar refractivity (Wildman–Crippen MR) is 125 cm³/mol. The van der Waals surface area contributed by atoms with E-state index in [4.69, 9.17) is 4.74 Å². The fourth-order valence-electron chi connectivity index (χ4n) is 3.78. The minimum atomic E-state index is -3.64. The monoisotopic (exact) mass is 450 g/mol. The molecule has 0 spiro atoms. The van der Waals surface area contributed by atoms with Crippen LogP contribution in [-0.2, 0) is 34.4 Å². The fourth-order valence-corrected chi connectivity index (χ4v) is 4.63. The molecule has 6 nitrogen and oxygen atoms in total. The maximum absolute atomic E-state index is 13.0. The summed E-state index contributed by atoms with van der Waals surface area (Å²) in [6.45, 7) is 1.27. The van der Waals surface area contributed by atoms with Crippen LogP contribution in [0.15, 0.2) is 78.9 Å². The first-order valence-corrected chi connectivity index (χ1v) is 12.3. The van der Waals surface area contributed by atoms with Crippen molar-refractivity contribution in [2.75, 3.05) is 23.7 Å². The smallest absolute Gasteiger partial charge is 0.243 e. The first kappa shape index (κ1) is 21.9. The number of rotatable bonds is 7. The third kappa shape index (κ3) is 5.29. The Labute approximate surface area is 189 Å². The Morgan fingerprint density at radius 3 is 2.28 bits per heavy atom. The van der Waals surface area contributed by atoms with Crippen molar-refractivity contribution in [2.24, 2.45) is 0 Å². The van der Waals surface area contributed by atoms with E-state index in [2.05, 4.69) is 6.07 Å². The molecule has 1 aliphatic rings. The second-order valence-corrected chi connectivity index (χ2v) is 9.78. The first-order valence-electron chi connectivity index (χ1n) is 10.5. The third-order valence-corrected chi connectivity index (χ3v) is 6.68. The number of hydrogen-bond acceptors (Lipinski definition) is 4. The molecule has 0 atom stereocenters. The van der Waals surface area contributed by atoms with Crippen LogP contribution < -0.4 is 9.04 Å². The quantitative estimate of drug-likeness (QED) is 0.552. The van der Waals surface area contributed by atoms with E-state index >= 15 is 0 Å². The topological polar surface area (TPSA) is 66.9 Å². The maximum atomic E-state index is 13.0. The molecule has 0 saturated heterocycles. The number of carbonyl (C=O) groups is 1. The molecule has 0 saturated carbocycles. The number of amides is 1. The van der Waals surface area contributed by atoms with Gasteiger partial charge in [0.05, 0.1) is 11.9 Å². The molecule has 166 valence electrons. The molecular formula is C25H26N2O4S. The standard InChI is InChI=1S/C25H26N2O4S/c1-32(29,30)27(18-25(28)26-16-15-21-9-5-6-10-22(21)17-26)23-11-13-24(14-12-23)31-19-20-7-3-2-4-8-20/h2-14H,15-19H2,1H3. The van der Waals surface area contributed by atoms with Crippen molar-refractivity contribution >= 4 is 21.6 Å². The van der Waals surface area contributed by atoms with Gasteiger partial charge in [0.2, 0.25) is 15.9 Å². The average molecular weight is 451 g/mol. The molecule has 0 radical (unpaired) electrons. The zero-order valence-corrected chi connectivity index (χ0v) is 18.8. The van der Waals surface area contributed by atoms with E-state index in [9.17, 15) is 13.2 Å². The number of benzene rings is 3. The zero-order valence-electron chi connectivity index (χ0n) is 18.0. The summed E-state index contributed by atoms with van der Waals surface area (Å²) in [7, 11) is -3.64. The van der Waals surface area contributed by atoms with E-state index in [1.165, 1.54) is 5.56 Å². The normalized spacial score (nSPS) is 13.3. The first-order chi connectivity index (χ1) is 15.4. The predicted octanol–water partition coefficient (Wildman–Crippen LogP) is 3.62. The van der Waals surface area contributed by atoms with Crippen molar-refractivity contribution in [3.63, 3.8) is 0 Å². The van der Waals surface area contributed by atoms with Crippen LogP contribution >= 0.6 is 0 Å². The van der Waals surface area contributed by atoms with Crippen molar-refractivity contribution in [1.82, 2.24) is 4.90 Å². The molecule has 32 heavy (non-hydrogen) atoms. The maximum Gasteiger partial charge on any atom is 0.243 e. The lowest BCUT2D eigenvalue weighted by Gasteiger charge is -2.31. The molecule has 0 fully saturated rings. The van der Waals surface area contributed by atoms with Crippen LogP contribution in [0.2, 0.25) is 0 Å². The minimum Gasteiger partial charge on any atom is -0.489 e. The van der Waals surface area contributed by atoms with Gasteiger partial charge in [0.15, 0.2) is 0 Å². The highest BCUT2D eigenvalue weighted by molar-refractivity contribution is 7.92. The van der Waals surface area contributed by atoms with Crippen molar-refractivity contribution in [1.29, 1.82) is 0 Å². The van der Waals surface area contributed by atoms with E-state index in [-0.39, 0.29) is 12.5 Å². The Kier molecular flexibility index (Phi) is 6.46. The summed E-state index contributed by atoms with van der Waals surface area (Å²) >= 11 is 0. The summed E-state index contributed by atoms with van der Waals surface area (Å²) in [5, 5.41) is 0. The third-order valence-electron chi connectivity index (χ3n) is 5.54. The Hall–Kier alpha value is -3.32. The summed E-state index contributed by atoms with van der Waals surface area (Å²) in [6, 6.07) is 24.6. The number of nitrogens with zero attached hydrogens (tertiary/aromatic N) is 2. The Bertz CT molecular complexity index is 1180. The van der Waals surface area contributed by atoms with Crippen LogP contribution in [0.25, 0.3) is 0 Å².